The van der Waals surface area contributed by atoms with Crippen molar-refractivity contribution in [1.29, 1.82) is 0 Å². The predicted molar refractivity (Wildman–Crippen MR) is 98.7 cm³/mol. The van der Waals surface area contributed by atoms with Gasteiger partial charge in [-0.2, -0.15) is 0 Å². The first-order valence-electron chi connectivity index (χ1n) is 8.25. The van der Waals surface area contributed by atoms with Crippen LogP contribution in [0.4, 0.5) is 11.5 Å². The number of pyridine rings is 1. The van der Waals surface area contributed by atoms with Crippen LogP contribution >= 0.6 is 0 Å². The van der Waals surface area contributed by atoms with Crippen LogP contribution in [0, 0.1) is 0 Å². The van der Waals surface area contributed by atoms with Crippen molar-refractivity contribution < 1.29 is 9.21 Å². The summed E-state index contributed by atoms with van der Waals surface area (Å²) in [7, 11) is 0. The summed E-state index contributed by atoms with van der Waals surface area (Å²) in [6.07, 6.45) is 3.14. The van der Waals surface area contributed by atoms with Gasteiger partial charge in [0, 0.05) is 12.6 Å². The van der Waals surface area contributed by atoms with Crippen LogP contribution in [0.3, 0.4) is 0 Å². The first kappa shape index (κ1) is 16.8. The Morgan fingerprint density at radius 3 is 2.52 bits per heavy atom. The van der Waals surface area contributed by atoms with Crippen molar-refractivity contribution in [2.24, 2.45) is 0 Å². The molecule has 5 nitrogen and oxygen atoms in total. The minimum Gasteiger partial charge on any atom is -0.459 e. The first-order valence-corrected chi connectivity index (χ1v) is 8.25. The maximum absolute atomic E-state index is 12.0. The molecule has 1 aromatic carbocycles. The highest BCUT2D eigenvalue weighted by Gasteiger charge is 2.13. The number of hydrogen-bond acceptors (Lipinski definition) is 4. The van der Waals surface area contributed by atoms with Crippen molar-refractivity contribution in [1.82, 2.24) is 4.98 Å². The van der Waals surface area contributed by atoms with Crippen molar-refractivity contribution in [3.05, 3.63) is 78.4 Å². The number of carbonyl (C=O) groups is 1. The smallest absolute Gasteiger partial charge is 0.291 e. The minimum absolute atomic E-state index is 0.275. The zero-order valence-electron chi connectivity index (χ0n) is 14.3. The standard InChI is InChI=1S/C20H21N3O2/c1-15(2)23(14-16-7-4-3-5-8-16)19-11-10-17(13-21-19)22-20(24)18-9-6-12-25-18/h3-13,15H,14H2,1-2H3,(H,22,24). The van der Waals surface area contributed by atoms with E-state index in [9.17, 15) is 4.79 Å². The van der Waals surface area contributed by atoms with E-state index in [1.54, 1.807) is 18.3 Å². The van der Waals surface area contributed by atoms with Gasteiger partial charge in [-0.1, -0.05) is 30.3 Å². The molecule has 0 aliphatic carbocycles. The summed E-state index contributed by atoms with van der Waals surface area (Å²) in [4.78, 5) is 18.7. The van der Waals surface area contributed by atoms with Gasteiger partial charge in [0.2, 0.25) is 0 Å². The van der Waals surface area contributed by atoms with Crippen LogP contribution in [-0.4, -0.2) is 16.9 Å². The number of furan rings is 1. The molecule has 1 N–H and O–H groups in total. The van der Waals surface area contributed by atoms with E-state index in [0.29, 0.717) is 11.7 Å². The Kier molecular flexibility index (Phi) is 5.14. The van der Waals surface area contributed by atoms with Gasteiger partial charge in [-0.05, 0) is 43.7 Å². The Morgan fingerprint density at radius 2 is 1.92 bits per heavy atom. The van der Waals surface area contributed by atoms with Gasteiger partial charge < -0.3 is 14.6 Å². The van der Waals surface area contributed by atoms with E-state index < -0.39 is 0 Å². The van der Waals surface area contributed by atoms with Crippen molar-refractivity contribution in [3.8, 4) is 0 Å². The lowest BCUT2D eigenvalue weighted by Crippen LogP contribution is -2.30. The van der Waals surface area contributed by atoms with E-state index in [2.05, 4.69) is 41.2 Å². The van der Waals surface area contributed by atoms with E-state index in [0.717, 1.165) is 12.4 Å². The molecule has 0 radical (unpaired) electrons. The van der Waals surface area contributed by atoms with E-state index in [4.69, 9.17) is 4.42 Å². The van der Waals surface area contributed by atoms with Gasteiger partial charge in [0.25, 0.3) is 5.91 Å². The van der Waals surface area contributed by atoms with E-state index in [-0.39, 0.29) is 11.7 Å². The highest BCUT2D eigenvalue weighted by molar-refractivity contribution is 6.02. The van der Waals surface area contributed by atoms with Gasteiger partial charge >= 0.3 is 0 Å². The summed E-state index contributed by atoms with van der Waals surface area (Å²) in [5.41, 5.74) is 1.86. The van der Waals surface area contributed by atoms with E-state index in [1.165, 1.54) is 11.8 Å². The third-order valence-corrected chi connectivity index (χ3v) is 3.86. The summed E-state index contributed by atoms with van der Waals surface area (Å²) in [5, 5.41) is 2.78. The summed E-state index contributed by atoms with van der Waals surface area (Å²) in [6.45, 7) is 5.05. The second kappa shape index (κ2) is 7.66. The zero-order valence-corrected chi connectivity index (χ0v) is 14.3. The summed E-state index contributed by atoms with van der Waals surface area (Å²) >= 11 is 0. The Balaban J connectivity index is 1.72. The van der Waals surface area contributed by atoms with Crippen molar-refractivity contribution in [2.45, 2.75) is 26.4 Å². The number of rotatable bonds is 6. The van der Waals surface area contributed by atoms with Crippen LogP contribution in [-0.2, 0) is 6.54 Å². The Labute approximate surface area is 147 Å². The van der Waals surface area contributed by atoms with Gasteiger partial charge in [0.1, 0.15) is 5.82 Å². The Bertz CT molecular complexity index is 797. The largest absolute Gasteiger partial charge is 0.459 e. The molecule has 5 heteroatoms. The van der Waals surface area contributed by atoms with Crippen LogP contribution in [0.1, 0.15) is 30.0 Å². The molecule has 0 spiro atoms. The predicted octanol–water partition coefficient (Wildman–Crippen LogP) is 4.34. The SMILES string of the molecule is CC(C)N(Cc1ccccc1)c1ccc(NC(=O)c2ccco2)cn1. The van der Waals surface area contributed by atoms with Crippen LogP contribution in [0.25, 0.3) is 0 Å². The molecule has 2 heterocycles. The summed E-state index contributed by atoms with van der Waals surface area (Å²) in [6, 6.07) is 17.7. The van der Waals surface area contributed by atoms with E-state index >= 15 is 0 Å². The molecule has 0 saturated carbocycles. The van der Waals surface area contributed by atoms with Gasteiger partial charge in [0.05, 0.1) is 18.1 Å². The third-order valence-electron chi connectivity index (χ3n) is 3.86. The van der Waals surface area contributed by atoms with Crippen molar-refractivity contribution >= 4 is 17.4 Å². The molecule has 0 unspecified atom stereocenters. The Morgan fingerprint density at radius 1 is 1.12 bits per heavy atom. The van der Waals surface area contributed by atoms with Crippen LogP contribution in [0.2, 0.25) is 0 Å². The number of nitrogens with zero attached hydrogens (tertiary/aromatic N) is 2. The molecule has 128 valence electrons. The molecule has 0 bridgehead atoms. The lowest BCUT2D eigenvalue weighted by molar-refractivity contribution is 0.0996. The number of nitrogens with one attached hydrogen (secondary N) is 1. The second-order valence-corrected chi connectivity index (χ2v) is 6.04. The summed E-state index contributed by atoms with van der Waals surface area (Å²) in [5.74, 6) is 0.858. The average Bonchev–Trinajstić information content (AvgIpc) is 3.16. The van der Waals surface area contributed by atoms with Crippen molar-refractivity contribution in [3.63, 3.8) is 0 Å². The molecule has 0 aliphatic rings. The number of carbonyl (C=O) groups excluding carboxylic acids is 1. The highest BCUT2D eigenvalue weighted by atomic mass is 16.3. The highest BCUT2D eigenvalue weighted by Crippen LogP contribution is 2.20. The normalized spacial score (nSPS) is 10.7. The molecule has 0 aliphatic heterocycles. The monoisotopic (exact) mass is 335 g/mol. The molecule has 2 aromatic heterocycles. The van der Waals surface area contributed by atoms with Gasteiger partial charge in [0.15, 0.2) is 5.76 Å². The molecular weight excluding hydrogens is 314 g/mol. The molecule has 25 heavy (non-hydrogen) atoms. The molecule has 3 rings (SSSR count). The fraction of sp³-hybridized carbons (Fsp3) is 0.200. The maximum atomic E-state index is 12.0. The van der Waals surface area contributed by atoms with Crippen LogP contribution in [0.15, 0.2) is 71.5 Å². The number of amides is 1. The molecule has 1 amide bonds. The van der Waals surface area contributed by atoms with E-state index in [1.807, 2.05) is 30.3 Å². The number of hydrogen-bond donors (Lipinski definition) is 1. The lowest BCUT2D eigenvalue weighted by Gasteiger charge is -2.28. The second-order valence-electron chi connectivity index (χ2n) is 6.04. The number of anilines is 2. The van der Waals surface area contributed by atoms with Crippen LogP contribution < -0.4 is 10.2 Å². The average molecular weight is 335 g/mol. The molecule has 3 aromatic rings. The molecular formula is C20H21N3O2. The third kappa shape index (κ3) is 4.26. The van der Waals surface area contributed by atoms with Crippen molar-refractivity contribution in [2.75, 3.05) is 10.2 Å². The molecule has 0 atom stereocenters. The Hall–Kier alpha value is -3.08. The maximum Gasteiger partial charge on any atom is 0.291 e. The molecule has 0 saturated heterocycles. The first-order chi connectivity index (χ1) is 12.1. The fourth-order valence-electron chi connectivity index (χ4n) is 2.54. The van der Waals surface area contributed by atoms with Crippen LogP contribution in [0.5, 0.6) is 0 Å². The number of aromatic nitrogens is 1. The fourth-order valence-corrected chi connectivity index (χ4v) is 2.54. The summed E-state index contributed by atoms with van der Waals surface area (Å²) < 4.78 is 5.09. The number of benzene rings is 1. The quantitative estimate of drug-likeness (QED) is 0.728. The zero-order chi connectivity index (χ0) is 17.6. The molecule has 0 fully saturated rings. The van der Waals surface area contributed by atoms with Gasteiger partial charge in [-0.15, -0.1) is 0 Å². The minimum atomic E-state index is -0.287. The van der Waals surface area contributed by atoms with Gasteiger partial charge in [-0.3, -0.25) is 4.79 Å². The van der Waals surface area contributed by atoms with Gasteiger partial charge in [-0.25, -0.2) is 4.98 Å². The topological polar surface area (TPSA) is 58.4 Å². The lowest BCUT2D eigenvalue weighted by atomic mass is 10.2.